The van der Waals surface area contributed by atoms with Crippen LogP contribution in [0.15, 0.2) is 56.9 Å². The Morgan fingerprint density at radius 1 is 1.16 bits per heavy atom. The minimum absolute atomic E-state index is 0.0632. The summed E-state index contributed by atoms with van der Waals surface area (Å²) in [5.74, 6) is 0.262. The SMILES string of the molecule is CC(C)(C)c1ccc(O)c(C=NNC2=NS(=O)(=O)c3ccccc32)c1. The van der Waals surface area contributed by atoms with Crippen molar-refractivity contribution < 1.29 is 13.5 Å². The number of hydrogen-bond acceptors (Lipinski definition) is 5. The Labute approximate surface area is 147 Å². The van der Waals surface area contributed by atoms with Crippen LogP contribution in [0.2, 0.25) is 0 Å². The van der Waals surface area contributed by atoms with Crippen molar-refractivity contribution in [1.82, 2.24) is 5.43 Å². The fourth-order valence-electron chi connectivity index (χ4n) is 2.47. The summed E-state index contributed by atoms with van der Waals surface area (Å²) < 4.78 is 27.7. The molecule has 2 aromatic rings. The van der Waals surface area contributed by atoms with Crippen LogP contribution in [-0.2, 0) is 15.4 Å². The summed E-state index contributed by atoms with van der Waals surface area (Å²) in [6.45, 7) is 6.23. The molecule has 25 heavy (non-hydrogen) atoms. The Bertz CT molecular complexity index is 987. The summed E-state index contributed by atoms with van der Waals surface area (Å²) in [5, 5.41) is 14.0. The van der Waals surface area contributed by atoms with Crippen LogP contribution in [0.3, 0.4) is 0 Å². The maximum atomic E-state index is 12.0. The molecule has 0 unspecified atom stereocenters. The molecule has 0 atom stereocenters. The van der Waals surface area contributed by atoms with Gasteiger partial charge in [-0.3, -0.25) is 5.43 Å². The second-order valence-corrected chi connectivity index (χ2v) is 8.38. The number of benzene rings is 2. The van der Waals surface area contributed by atoms with Crippen molar-refractivity contribution in [2.24, 2.45) is 9.50 Å². The molecule has 1 aliphatic heterocycles. The van der Waals surface area contributed by atoms with E-state index in [1.54, 1.807) is 24.3 Å². The van der Waals surface area contributed by atoms with E-state index in [-0.39, 0.29) is 21.9 Å². The van der Waals surface area contributed by atoms with Gasteiger partial charge in [0.2, 0.25) is 0 Å². The molecule has 2 aromatic carbocycles. The van der Waals surface area contributed by atoms with Crippen LogP contribution in [0.25, 0.3) is 0 Å². The first-order chi connectivity index (χ1) is 11.7. The fourth-order valence-corrected chi connectivity index (χ4v) is 3.64. The summed E-state index contributed by atoms with van der Waals surface area (Å²) in [6.07, 6.45) is 1.45. The zero-order valence-electron chi connectivity index (χ0n) is 14.2. The van der Waals surface area contributed by atoms with Gasteiger partial charge in [0, 0.05) is 11.1 Å². The summed E-state index contributed by atoms with van der Waals surface area (Å²) in [6, 6.07) is 11.9. The third kappa shape index (κ3) is 3.41. The van der Waals surface area contributed by atoms with Crippen LogP contribution in [0, 0.1) is 0 Å². The van der Waals surface area contributed by atoms with E-state index in [0.717, 1.165) is 5.56 Å². The molecular formula is C18H19N3O3S. The molecule has 3 rings (SSSR count). The number of sulfonamides is 1. The lowest BCUT2D eigenvalue weighted by molar-refractivity contribution is 0.473. The molecule has 0 saturated heterocycles. The Balaban J connectivity index is 1.86. The van der Waals surface area contributed by atoms with E-state index in [2.05, 4.69) is 35.7 Å². The molecule has 0 amide bonds. The van der Waals surface area contributed by atoms with Crippen LogP contribution in [-0.4, -0.2) is 25.6 Å². The van der Waals surface area contributed by atoms with Crippen molar-refractivity contribution in [3.63, 3.8) is 0 Å². The van der Waals surface area contributed by atoms with Crippen molar-refractivity contribution in [2.45, 2.75) is 31.1 Å². The van der Waals surface area contributed by atoms with Crippen LogP contribution in [0.5, 0.6) is 5.75 Å². The van der Waals surface area contributed by atoms with Crippen molar-refractivity contribution >= 4 is 22.1 Å². The number of rotatable bonds is 2. The largest absolute Gasteiger partial charge is 0.507 e. The summed E-state index contributed by atoms with van der Waals surface area (Å²) in [5.41, 5.74) is 4.66. The van der Waals surface area contributed by atoms with Gasteiger partial charge in [0.15, 0.2) is 5.84 Å². The standard InChI is InChI=1S/C18H19N3O3S/c1-18(2,3)13-8-9-15(22)12(10-13)11-19-20-17-14-6-4-5-7-16(14)25(23,24)21-17/h4-11,22H,1-3H3,(H,20,21). The Hall–Kier alpha value is -2.67. The van der Waals surface area contributed by atoms with Gasteiger partial charge in [-0.25, -0.2) is 0 Å². The van der Waals surface area contributed by atoms with Gasteiger partial charge in [0.25, 0.3) is 10.0 Å². The monoisotopic (exact) mass is 357 g/mol. The highest BCUT2D eigenvalue weighted by molar-refractivity contribution is 7.90. The fraction of sp³-hybridized carbons (Fsp3) is 0.222. The van der Waals surface area contributed by atoms with Crippen LogP contribution in [0.4, 0.5) is 0 Å². The first-order valence-corrected chi connectivity index (χ1v) is 9.19. The number of nitrogens with one attached hydrogen (secondary N) is 1. The average Bonchev–Trinajstić information content (AvgIpc) is 2.80. The highest BCUT2D eigenvalue weighted by atomic mass is 32.2. The van der Waals surface area contributed by atoms with Crippen molar-refractivity contribution in [3.8, 4) is 5.75 Å². The van der Waals surface area contributed by atoms with E-state index in [9.17, 15) is 13.5 Å². The number of hydrazone groups is 1. The summed E-state index contributed by atoms with van der Waals surface area (Å²) >= 11 is 0. The number of nitrogens with zero attached hydrogens (tertiary/aromatic N) is 2. The minimum Gasteiger partial charge on any atom is -0.507 e. The lowest BCUT2D eigenvalue weighted by Gasteiger charge is -2.19. The molecule has 1 heterocycles. The predicted octanol–water partition coefficient (Wildman–Crippen LogP) is 2.76. The first kappa shape index (κ1) is 17.2. The molecule has 0 radical (unpaired) electrons. The maximum Gasteiger partial charge on any atom is 0.285 e. The van der Waals surface area contributed by atoms with E-state index in [1.165, 1.54) is 12.3 Å². The number of hydrogen-bond donors (Lipinski definition) is 2. The van der Waals surface area contributed by atoms with Gasteiger partial charge in [-0.05, 0) is 35.2 Å². The van der Waals surface area contributed by atoms with Crippen molar-refractivity contribution in [3.05, 3.63) is 59.2 Å². The minimum atomic E-state index is -3.68. The second-order valence-electron chi connectivity index (χ2n) is 6.80. The predicted molar refractivity (Wildman–Crippen MR) is 97.7 cm³/mol. The molecule has 2 N–H and O–H groups in total. The van der Waals surface area contributed by atoms with Gasteiger partial charge in [0.05, 0.1) is 6.21 Å². The second kappa shape index (κ2) is 6.00. The van der Waals surface area contributed by atoms with Gasteiger partial charge in [-0.1, -0.05) is 39.0 Å². The molecule has 7 heteroatoms. The lowest BCUT2D eigenvalue weighted by atomic mass is 9.86. The molecular weight excluding hydrogens is 338 g/mol. The van der Waals surface area contributed by atoms with E-state index in [4.69, 9.17) is 0 Å². The maximum absolute atomic E-state index is 12.0. The molecule has 6 nitrogen and oxygen atoms in total. The molecule has 0 bridgehead atoms. The van der Waals surface area contributed by atoms with Crippen molar-refractivity contribution in [2.75, 3.05) is 0 Å². The van der Waals surface area contributed by atoms with Crippen LogP contribution >= 0.6 is 0 Å². The van der Waals surface area contributed by atoms with Gasteiger partial charge in [-0.15, -0.1) is 4.40 Å². The molecule has 0 saturated carbocycles. The smallest absolute Gasteiger partial charge is 0.285 e. The van der Waals surface area contributed by atoms with E-state index in [1.807, 2.05) is 12.1 Å². The summed E-state index contributed by atoms with van der Waals surface area (Å²) in [4.78, 5) is 0.158. The van der Waals surface area contributed by atoms with Gasteiger partial charge in [0.1, 0.15) is 10.6 Å². The summed E-state index contributed by atoms with van der Waals surface area (Å²) in [7, 11) is -3.68. The molecule has 1 aliphatic rings. The van der Waals surface area contributed by atoms with Gasteiger partial charge in [-0.2, -0.15) is 13.5 Å². The zero-order valence-corrected chi connectivity index (χ0v) is 15.0. The van der Waals surface area contributed by atoms with Gasteiger partial charge >= 0.3 is 0 Å². The number of aromatic hydroxyl groups is 1. The van der Waals surface area contributed by atoms with Crippen molar-refractivity contribution in [1.29, 1.82) is 0 Å². The lowest BCUT2D eigenvalue weighted by Crippen LogP contribution is -2.17. The zero-order chi connectivity index (χ0) is 18.2. The van der Waals surface area contributed by atoms with E-state index in [0.29, 0.717) is 11.1 Å². The normalized spacial score (nSPS) is 15.9. The Morgan fingerprint density at radius 3 is 2.60 bits per heavy atom. The Kier molecular flexibility index (Phi) is 4.12. The number of fused-ring (bicyclic) bond motifs is 1. The number of amidine groups is 1. The molecule has 0 aliphatic carbocycles. The van der Waals surface area contributed by atoms with E-state index >= 15 is 0 Å². The first-order valence-electron chi connectivity index (χ1n) is 7.75. The van der Waals surface area contributed by atoms with Crippen LogP contribution in [0.1, 0.15) is 37.5 Å². The Morgan fingerprint density at radius 2 is 1.88 bits per heavy atom. The molecule has 0 aromatic heterocycles. The highest BCUT2D eigenvalue weighted by Gasteiger charge is 2.28. The third-order valence-corrected chi connectivity index (χ3v) is 5.23. The highest BCUT2D eigenvalue weighted by Crippen LogP contribution is 2.27. The molecule has 130 valence electrons. The average molecular weight is 357 g/mol. The van der Waals surface area contributed by atoms with E-state index < -0.39 is 10.0 Å². The third-order valence-electron chi connectivity index (χ3n) is 3.90. The topological polar surface area (TPSA) is 91.1 Å². The number of phenolic OH excluding ortho intramolecular Hbond substituents is 1. The van der Waals surface area contributed by atoms with Gasteiger partial charge < -0.3 is 5.11 Å². The number of phenols is 1. The molecule has 0 fully saturated rings. The van der Waals surface area contributed by atoms with Crippen LogP contribution < -0.4 is 5.43 Å². The quantitative estimate of drug-likeness (QED) is 0.639. The molecule has 0 spiro atoms.